The van der Waals surface area contributed by atoms with Crippen LogP contribution in [0.2, 0.25) is 0 Å². The van der Waals surface area contributed by atoms with E-state index in [1.165, 1.54) is 66.8 Å². The lowest BCUT2D eigenvalue weighted by Gasteiger charge is -2.28. The van der Waals surface area contributed by atoms with E-state index >= 15 is 0 Å². The van der Waals surface area contributed by atoms with Gasteiger partial charge < -0.3 is 18.6 Å². The Hall–Kier alpha value is -6.33. The number of furan rings is 2. The van der Waals surface area contributed by atoms with Gasteiger partial charge in [-0.2, -0.15) is 4.98 Å². The second-order valence-corrected chi connectivity index (χ2v) is 16.7. The molecule has 58 heavy (non-hydrogen) atoms. The van der Waals surface area contributed by atoms with Crippen molar-refractivity contribution in [3.05, 3.63) is 158 Å². The van der Waals surface area contributed by atoms with Gasteiger partial charge in [0.05, 0.1) is 0 Å². The van der Waals surface area contributed by atoms with E-state index in [2.05, 4.69) is 184 Å². The first-order valence-corrected chi connectivity index (χ1v) is 20.3. The van der Waals surface area contributed by atoms with E-state index in [0.717, 1.165) is 66.8 Å². The Balaban J connectivity index is 1.17. The Bertz CT molecular complexity index is 2740. The van der Waals surface area contributed by atoms with Gasteiger partial charge in [-0.05, 0) is 229 Å². The van der Waals surface area contributed by atoms with E-state index in [1.807, 2.05) is 0 Å². The normalized spacial score (nSPS) is 11.8. The summed E-state index contributed by atoms with van der Waals surface area (Å²) in [6.07, 6.45) is 0. The molecule has 3 aromatic heterocycles. The topological polar surface area (TPSA) is 45.7 Å². The second-order valence-electron chi connectivity index (χ2n) is 16.7. The summed E-state index contributed by atoms with van der Waals surface area (Å²) in [4.78, 5) is 9.69. The molecule has 0 saturated carbocycles. The third-order valence-electron chi connectivity index (χ3n) is 13.1. The first-order valence-electron chi connectivity index (χ1n) is 20.3. The minimum absolute atomic E-state index is 0.562. The molecule has 3 heterocycles. The van der Waals surface area contributed by atoms with Crippen LogP contribution in [0.3, 0.4) is 0 Å². The molecule has 0 spiro atoms. The van der Waals surface area contributed by atoms with Crippen molar-refractivity contribution in [3.8, 4) is 0 Å². The lowest BCUT2D eigenvalue weighted by Crippen LogP contribution is -2.12. The molecule has 0 fully saturated rings. The molecule has 0 unspecified atom stereocenters. The molecule has 0 radical (unpaired) electrons. The van der Waals surface area contributed by atoms with Gasteiger partial charge in [-0.15, -0.1) is 0 Å². The van der Waals surface area contributed by atoms with Gasteiger partial charge in [0.2, 0.25) is 11.4 Å². The van der Waals surface area contributed by atoms with Crippen LogP contribution in [0, 0.1) is 83.1 Å². The summed E-state index contributed by atoms with van der Waals surface area (Å²) in [7, 11) is 0. The molecular weight excluding hydrogens is 711 g/mol. The Morgan fingerprint density at radius 1 is 0.310 bits per heavy atom. The zero-order valence-electron chi connectivity index (χ0n) is 35.8. The van der Waals surface area contributed by atoms with Crippen LogP contribution in [0.15, 0.2) is 99.8 Å². The summed E-state index contributed by atoms with van der Waals surface area (Å²) in [6.45, 7) is 26.3. The fourth-order valence-electron chi connectivity index (χ4n) is 8.61. The summed E-state index contributed by atoms with van der Waals surface area (Å²) >= 11 is 0. The molecule has 0 aliphatic carbocycles. The quantitative estimate of drug-likeness (QED) is 0.169. The molecule has 290 valence electrons. The number of hydrogen-bond donors (Lipinski definition) is 0. The zero-order valence-corrected chi connectivity index (χ0v) is 35.8. The van der Waals surface area contributed by atoms with Crippen LogP contribution in [-0.2, 0) is 0 Å². The van der Waals surface area contributed by atoms with Crippen molar-refractivity contribution in [2.24, 2.45) is 0 Å². The molecule has 5 nitrogen and oxygen atoms in total. The van der Waals surface area contributed by atoms with Crippen molar-refractivity contribution >= 4 is 78.3 Å². The van der Waals surface area contributed by atoms with E-state index in [-0.39, 0.29) is 0 Å². The second kappa shape index (κ2) is 13.7. The Labute approximate surface area is 341 Å². The number of nitrogens with zero attached hydrogens (tertiary/aromatic N) is 3. The number of pyridine rings is 1. The highest BCUT2D eigenvalue weighted by Gasteiger charge is 2.22. The van der Waals surface area contributed by atoms with Crippen LogP contribution in [0.1, 0.15) is 66.8 Å². The van der Waals surface area contributed by atoms with Crippen LogP contribution in [0.4, 0.5) is 34.1 Å². The van der Waals surface area contributed by atoms with E-state index in [9.17, 15) is 0 Å². The number of benzene rings is 6. The minimum Gasteiger partial charge on any atom is -0.438 e. The molecule has 0 saturated heterocycles. The number of aryl methyl sites for hydroxylation is 8. The summed E-state index contributed by atoms with van der Waals surface area (Å²) in [6, 6.07) is 33.5. The highest BCUT2D eigenvalue weighted by atomic mass is 16.4. The van der Waals surface area contributed by atoms with Crippen LogP contribution >= 0.6 is 0 Å². The van der Waals surface area contributed by atoms with E-state index in [0.29, 0.717) is 11.4 Å². The van der Waals surface area contributed by atoms with Gasteiger partial charge in [-0.25, -0.2) is 0 Å². The van der Waals surface area contributed by atoms with Crippen LogP contribution < -0.4 is 9.80 Å². The summed E-state index contributed by atoms with van der Waals surface area (Å²) in [5, 5.41) is 3.98. The van der Waals surface area contributed by atoms with Crippen molar-refractivity contribution in [2.75, 3.05) is 9.80 Å². The van der Waals surface area contributed by atoms with Gasteiger partial charge >= 0.3 is 0 Å². The third-order valence-corrected chi connectivity index (χ3v) is 13.1. The van der Waals surface area contributed by atoms with Gasteiger partial charge in [0.25, 0.3) is 0 Å². The molecule has 0 N–H and O–H groups in total. The summed E-state index contributed by atoms with van der Waals surface area (Å²) < 4.78 is 13.2. The Morgan fingerprint density at radius 2 is 0.586 bits per heavy atom. The molecule has 0 atom stereocenters. The minimum atomic E-state index is 0.562. The number of fused-ring (bicyclic) bond motifs is 6. The predicted molar refractivity (Wildman–Crippen MR) is 245 cm³/mol. The molecule has 5 heteroatoms. The third kappa shape index (κ3) is 6.03. The SMILES string of the molecule is Cc1cc(N(c2cc(C)c(C)c(C)c2)c2ccc3c(c2)oc2nc4oc5cc(N(c6cc(C)c(C)c(C)c6)c6cc(C)c(C)c(C)c6)ccc5c4cc23)cc(C)c1C. The average Bonchev–Trinajstić information content (AvgIpc) is 3.72. The van der Waals surface area contributed by atoms with Crippen molar-refractivity contribution in [1.82, 2.24) is 4.98 Å². The smallest absolute Gasteiger partial charge is 0.230 e. The first-order chi connectivity index (χ1) is 27.7. The summed E-state index contributed by atoms with van der Waals surface area (Å²) in [5.41, 5.74) is 24.7. The van der Waals surface area contributed by atoms with Crippen LogP contribution in [0.5, 0.6) is 0 Å². The zero-order chi connectivity index (χ0) is 40.9. The van der Waals surface area contributed by atoms with Gasteiger partial charge in [0.1, 0.15) is 11.2 Å². The average molecular weight is 762 g/mol. The van der Waals surface area contributed by atoms with Crippen molar-refractivity contribution < 1.29 is 8.83 Å². The van der Waals surface area contributed by atoms with Crippen LogP contribution in [0.25, 0.3) is 44.1 Å². The maximum absolute atomic E-state index is 6.59. The maximum Gasteiger partial charge on any atom is 0.230 e. The summed E-state index contributed by atoms with van der Waals surface area (Å²) in [5.74, 6) is 0. The number of rotatable bonds is 6. The molecule has 9 aromatic rings. The number of hydrogen-bond acceptors (Lipinski definition) is 5. The number of anilines is 6. The molecular formula is C53H51N3O2. The van der Waals surface area contributed by atoms with Crippen molar-refractivity contribution in [2.45, 2.75) is 83.1 Å². The van der Waals surface area contributed by atoms with Gasteiger partial charge in [-0.1, -0.05) is 0 Å². The highest BCUT2D eigenvalue weighted by molar-refractivity contribution is 6.13. The lowest BCUT2D eigenvalue weighted by molar-refractivity contribution is 0.631. The van der Waals surface area contributed by atoms with Crippen LogP contribution in [-0.4, -0.2) is 4.98 Å². The molecule has 0 amide bonds. The Kier molecular flexibility index (Phi) is 8.77. The van der Waals surface area contributed by atoms with Gasteiger partial charge in [0.15, 0.2) is 0 Å². The van der Waals surface area contributed by atoms with Gasteiger partial charge in [-0.3, -0.25) is 0 Å². The molecule has 6 aromatic carbocycles. The standard InChI is InChI=1S/C53H51N3O2/c1-28-17-42(18-29(2)36(28)9)55(43-19-30(3)37(10)31(4)20-43)40-13-15-46-48-27-49-47-16-14-41(26-51(47)58-53(49)54-52(48)57-50(46)25-40)56(44-21-32(5)38(11)33(6)22-44)45-23-34(7)39(12)35(8)24-45/h13-27H,1-12H3. The fourth-order valence-corrected chi connectivity index (χ4v) is 8.61. The maximum atomic E-state index is 6.59. The van der Waals surface area contributed by atoms with Crippen molar-refractivity contribution in [3.63, 3.8) is 0 Å². The van der Waals surface area contributed by atoms with E-state index in [1.54, 1.807) is 0 Å². The largest absolute Gasteiger partial charge is 0.438 e. The monoisotopic (exact) mass is 761 g/mol. The highest BCUT2D eigenvalue weighted by Crippen LogP contribution is 2.44. The van der Waals surface area contributed by atoms with Crippen molar-refractivity contribution in [1.29, 1.82) is 0 Å². The van der Waals surface area contributed by atoms with Gasteiger partial charge in [0, 0.05) is 67.8 Å². The molecule has 0 aliphatic heterocycles. The first kappa shape index (κ1) is 37.3. The lowest BCUT2D eigenvalue weighted by atomic mass is 10.00. The molecule has 0 aliphatic rings. The predicted octanol–water partition coefficient (Wildman–Crippen LogP) is 15.5. The molecule has 0 bridgehead atoms. The molecule has 9 rings (SSSR count). The van der Waals surface area contributed by atoms with E-state index in [4.69, 9.17) is 13.8 Å². The fraction of sp³-hybridized carbons (Fsp3) is 0.226. The Morgan fingerprint density at radius 3 is 0.862 bits per heavy atom. The number of aromatic nitrogens is 1. The van der Waals surface area contributed by atoms with E-state index < -0.39 is 0 Å².